The molecule has 1 fully saturated rings. The van der Waals surface area contributed by atoms with E-state index < -0.39 is 23.7 Å². The van der Waals surface area contributed by atoms with Crippen LogP contribution in [0.25, 0.3) is 5.76 Å². The first-order valence-electron chi connectivity index (χ1n) is 9.42. The van der Waals surface area contributed by atoms with Crippen LogP contribution in [0.2, 0.25) is 0 Å². The molecule has 9 nitrogen and oxygen atoms in total. The second kappa shape index (κ2) is 8.31. The van der Waals surface area contributed by atoms with Gasteiger partial charge in [0.25, 0.3) is 5.78 Å². The molecule has 0 saturated carbocycles. The monoisotopic (exact) mass is 454 g/mol. The predicted molar refractivity (Wildman–Crippen MR) is 115 cm³/mol. The Hall–Kier alpha value is -3.92. The molecule has 1 saturated heterocycles. The minimum atomic E-state index is -1.07. The fraction of sp³-hybridized carbons (Fsp3) is 0.182. The van der Waals surface area contributed by atoms with Crippen molar-refractivity contribution < 1.29 is 33.4 Å². The van der Waals surface area contributed by atoms with Gasteiger partial charge in [0.15, 0.2) is 5.13 Å². The Labute approximate surface area is 186 Å². The first-order chi connectivity index (χ1) is 15.4. The van der Waals surface area contributed by atoms with Gasteiger partial charge in [-0.15, -0.1) is 0 Å². The summed E-state index contributed by atoms with van der Waals surface area (Å²) in [5.74, 6) is -1.93. The zero-order valence-electron chi connectivity index (χ0n) is 17.3. The van der Waals surface area contributed by atoms with E-state index in [0.717, 1.165) is 16.2 Å². The maximum atomic E-state index is 13.0. The minimum absolute atomic E-state index is 0.111. The molecule has 1 aromatic carbocycles. The van der Waals surface area contributed by atoms with Gasteiger partial charge in [-0.25, -0.2) is 9.78 Å². The smallest absolute Gasteiger partial charge is 0.350 e. The van der Waals surface area contributed by atoms with Gasteiger partial charge in [-0.3, -0.25) is 14.5 Å². The van der Waals surface area contributed by atoms with Gasteiger partial charge in [0.05, 0.1) is 31.7 Å². The standard InChI is InChI=1S/C22H18N2O7S/c1-11-19(21(28)30-3)32-22(23-11)24-16(14-5-4-10-31-14)15(18(26)20(24)27)17(25)12-6-8-13(29-2)9-7-12/h4-10,16,25H,1-3H3/t16-/m1/s1. The Morgan fingerprint density at radius 3 is 2.50 bits per heavy atom. The zero-order chi connectivity index (χ0) is 23.0. The molecule has 0 radical (unpaired) electrons. The van der Waals surface area contributed by atoms with E-state index in [1.54, 1.807) is 43.3 Å². The van der Waals surface area contributed by atoms with Crippen molar-refractivity contribution in [2.24, 2.45) is 0 Å². The number of aliphatic hydroxyl groups is 1. The highest BCUT2D eigenvalue weighted by Gasteiger charge is 2.49. The fourth-order valence-electron chi connectivity index (χ4n) is 3.42. The summed E-state index contributed by atoms with van der Waals surface area (Å²) in [5.41, 5.74) is 0.528. The van der Waals surface area contributed by atoms with E-state index in [0.29, 0.717) is 17.0 Å². The summed E-state index contributed by atoms with van der Waals surface area (Å²) in [6, 6.07) is 8.53. The summed E-state index contributed by atoms with van der Waals surface area (Å²) in [7, 11) is 2.75. The van der Waals surface area contributed by atoms with Crippen LogP contribution < -0.4 is 9.64 Å². The van der Waals surface area contributed by atoms with Gasteiger partial charge >= 0.3 is 11.9 Å². The van der Waals surface area contributed by atoms with Gasteiger partial charge in [-0.05, 0) is 43.3 Å². The number of ketones is 1. The molecule has 32 heavy (non-hydrogen) atoms. The number of carbonyl (C=O) groups is 3. The van der Waals surface area contributed by atoms with Gasteiger partial charge in [-0.2, -0.15) is 0 Å². The minimum Gasteiger partial charge on any atom is -0.507 e. The van der Waals surface area contributed by atoms with Crippen LogP contribution in [0.15, 0.2) is 52.7 Å². The highest BCUT2D eigenvalue weighted by atomic mass is 32.1. The number of hydrogen-bond donors (Lipinski definition) is 1. The molecule has 1 atom stereocenters. The number of rotatable bonds is 5. The second-order valence-corrected chi connectivity index (χ2v) is 7.79. The van der Waals surface area contributed by atoms with Crippen molar-refractivity contribution in [3.05, 3.63) is 70.1 Å². The molecule has 3 aromatic rings. The van der Waals surface area contributed by atoms with E-state index in [2.05, 4.69) is 4.98 Å². The quantitative estimate of drug-likeness (QED) is 0.269. The first-order valence-corrected chi connectivity index (χ1v) is 10.2. The predicted octanol–water partition coefficient (Wildman–Crippen LogP) is 3.47. The van der Waals surface area contributed by atoms with E-state index in [9.17, 15) is 19.5 Å². The normalized spacial score (nSPS) is 17.6. The van der Waals surface area contributed by atoms with Gasteiger partial charge < -0.3 is 19.0 Å². The molecule has 1 amide bonds. The molecule has 3 heterocycles. The maximum Gasteiger partial charge on any atom is 0.350 e. The molecule has 0 spiro atoms. The number of nitrogens with zero attached hydrogens (tertiary/aromatic N) is 2. The Morgan fingerprint density at radius 1 is 1.19 bits per heavy atom. The van der Waals surface area contributed by atoms with Crippen molar-refractivity contribution in [3.63, 3.8) is 0 Å². The van der Waals surface area contributed by atoms with Crippen LogP contribution in [0.4, 0.5) is 5.13 Å². The van der Waals surface area contributed by atoms with Crippen LogP contribution in [0.5, 0.6) is 5.75 Å². The molecular formula is C22H18N2O7S. The number of hydrogen-bond acceptors (Lipinski definition) is 9. The van der Waals surface area contributed by atoms with E-state index >= 15 is 0 Å². The van der Waals surface area contributed by atoms with Crippen molar-refractivity contribution in [2.75, 3.05) is 19.1 Å². The highest BCUT2D eigenvalue weighted by molar-refractivity contribution is 7.17. The Bertz CT molecular complexity index is 1230. The van der Waals surface area contributed by atoms with Crippen LogP contribution >= 0.6 is 11.3 Å². The van der Waals surface area contributed by atoms with Crippen LogP contribution in [-0.2, 0) is 14.3 Å². The average molecular weight is 454 g/mol. The van der Waals surface area contributed by atoms with Crippen LogP contribution in [0, 0.1) is 6.92 Å². The number of thiazole rings is 1. The van der Waals surface area contributed by atoms with Gasteiger partial charge in [0.2, 0.25) is 0 Å². The third-order valence-electron chi connectivity index (χ3n) is 4.98. The van der Waals surface area contributed by atoms with Crippen molar-refractivity contribution >= 4 is 39.9 Å². The number of aliphatic hydroxyl groups excluding tert-OH is 1. The van der Waals surface area contributed by atoms with Crippen molar-refractivity contribution in [3.8, 4) is 5.75 Å². The lowest BCUT2D eigenvalue weighted by atomic mass is 9.99. The first kappa shape index (κ1) is 21.3. The van der Waals surface area contributed by atoms with E-state index in [1.807, 2.05) is 0 Å². The molecule has 10 heteroatoms. The summed E-state index contributed by atoms with van der Waals surface area (Å²) in [6.45, 7) is 1.60. The number of amides is 1. The number of carbonyl (C=O) groups excluding carboxylic acids is 3. The number of ether oxygens (including phenoxy) is 2. The summed E-state index contributed by atoms with van der Waals surface area (Å²) >= 11 is 0.916. The molecule has 2 aromatic heterocycles. The number of aryl methyl sites for hydroxylation is 1. The Morgan fingerprint density at radius 2 is 1.91 bits per heavy atom. The third kappa shape index (κ3) is 3.44. The van der Waals surface area contributed by atoms with Crippen molar-refractivity contribution in [2.45, 2.75) is 13.0 Å². The van der Waals surface area contributed by atoms with Gasteiger partial charge in [0.1, 0.15) is 28.2 Å². The average Bonchev–Trinajstić information content (AvgIpc) is 3.52. The maximum absolute atomic E-state index is 13.0. The van der Waals surface area contributed by atoms with Gasteiger partial charge in [0, 0.05) is 5.56 Å². The van der Waals surface area contributed by atoms with Gasteiger partial charge in [-0.1, -0.05) is 11.3 Å². The number of benzene rings is 1. The largest absolute Gasteiger partial charge is 0.507 e. The lowest BCUT2D eigenvalue weighted by Gasteiger charge is -2.20. The fourth-order valence-corrected chi connectivity index (χ4v) is 4.43. The van der Waals surface area contributed by atoms with Crippen LogP contribution in [0.1, 0.15) is 32.7 Å². The third-order valence-corrected chi connectivity index (χ3v) is 6.12. The van der Waals surface area contributed by atoms with Crippen molar-refractivity contribution in [1.29, 1.82) is 0 Å². The number of anilines is 1. The SMILES string of the molecule is COC(=O)c1sc(N2C(=O)C(=O)C(=C(O)c3ccc(OC)cc3)[C@H]2c2ccco2)nc1C. The van der Waals surface area contributed by atoms with E-state index in [-0.39, 0.29) is 27.1 Å². The van der Waals surface area contributed by atoms with E-state index in [1.165, 1.54) is 20.5 Å². The molecule has 1 aliphatic rings. The molecule has 4 rings (SSSR count). The number of Topliss-reactive ketones (excluding diaryl/α,β-unsaturated/α-hetero) is 1. The molecule has 1 aliphatic heterocycles. The number of methoxy groups -OCH3 is 2. The summed E-state index contributed by atoms with van der Waals surface area (Å²) < 4.78 is 15.4. The second-order valence-electron chi connectivity index (χ2n) is 6.82. The zero-order valence-corrected chi connectivity index (χ0v) is 18.1. The highest BCUT2D eigenvalue weighted by Crippen LogP contribution is 2.44. The molecule has 0 unspecified atom stereocenters. The van der Waals surface area contributed by atoms with Crippen LogP contribution in [-0.4, -0.2) is 42.0 Å². The summed E-state index contributed by atoms with van der Waals surface area (Å²) in [4.78, 5) is 43.7. The number of aromatic nitrogens is 1. The molecule has 0 aliphatic carbocycles. The molecule has 0 bridgehead atoms. The Kier molecular flexibility index (Phi) is 5.54. The topological polar surface area (TPSA) is 119 Å². The lowest BCUT2D eigenvalue weighted by molar-refractivity contribution is -0.132. The molecule has 1 N–H and O–H groups in total. The van der Waals surface area contributed by atoms with Crippen molar-refractivity contribution in [1.82, 2.24) is 4.98 Å². The summed E-state index contributed by atoms with van der Waals surface area (Å²) in [5, 5.41) is 11.1. The van der Waals surface area contributed by atoms with E-state index in [4.69, 9.17) is 13.9 Å². The number of furan rings is 1. The number of esters is 1. The van der Waals surface area contributed by atoms with Crippen LogP contribution in [0.3, 0.4) is 0 Å². The molecular weight excluding hydrogens is 436 g/mol. The summed E-state index contributed by atoms with van der Waals surface area (Å²) in [6.07, 6.45) is 1.40. The Balaban J connectivity index is 1.88. The lowest BCUT2D eigenvalue weighted by Crippen LogP contribution is -2.29. The molecule has 164 valence electrons.